The maximum Gasteiger partial charge on any atom is 0.416 e. The minimum Gasteiger partial charge on any atom is -0.478 e. The molecular formula is C19H18ClF3N2O2S. The Labute approximate surface area is 169 Å². The second-order valence-corrected chi connectivity index (χ2v) is 7.69. The van der Waals surface area contributed by atoms with Crippen LogP contribution in [0.15, 0.2) is 41.3 Å². The molecule has 2 N–H and O–H groups in total. The summed E-state index contributed by atoms with van der Waals surface area (Å²) in [5.74, 6) is -1.11. The van der Waals surface area contributed by atoms with Crippen molar-refractivity contribution < 1.29 is 23.1 Å². The van der Waals surface area contributed by atoms with Crippen molar-refractivity contribution in [3.8, 4) is 0 Å². The van der Waals surface area contributed by atoms with Crippen molar-refractivity contribution in [1.82, 2.24) is 0 Å². The molecule has 1 heterocycles. The monoisotopic (exact) mass is 430 g/mol. The smallest absolute Gasteiger partial charge is 0.416 e. The van der Waals surface area contributed by atoms with Crippen molar-refractivity contribution >= 4 is 40.9 Å². The molecule has 4 nitrogen and oxygen atoms in total. The fraction of sp³-hybridized carbons (Fsp3) is 0.316. The van der Waals surface area contributed by atoms with Gasteiger partial charge in [0.2, 0.25) is 0 Å². The van der Waals surface area contributed by atoms with E-state index in [9.17, 15) is 18.0 Å². The molecule has 0 aromatic heterocycles. The van der Waals surface area contributed by atoms with E-state index >= 15 is 0 Å². The molecule has 9 heteroatoms. The van der Waals surface area contributed by atoms with E-state index in [0.717, 1.165) is 56.4 Å². The van der Waals surface area contributed by atoms with E-state index in [1.165, 1.54) is 24.3 Å². The molecule has 0 atom stereocenters. The lowest BCUT2D eigenvalue weighted by Gasteiger charge is -2.31. The van der Waals surface area contributed by atoms with Gasteiger partial charge in [0, 0.05) is 18.0 Å². The van der Waals surface area contributed by atoms with E-state index in [0.29, 0.717) is 21.3 Å². The van der Waals surface area contributed by atoms with Gasteiger partial charge in [-0.3, -0.25) is 0 Å². The molecule has 150 valence electrons. The van der Waals surface area contributed by atoms with E-state index in [2.05, 4.69) is 9.62 Å². The van der Waals surface area contributed by atoms with Crippen LogP contribution in [0.1, 0.15) is 35.2 Å². The number of nitrogens with one attached hydrogen (secondary N) is 1. The van der Waals surface area contributed by atoms with Crippen LogP contribution in [-0.4, -0.2) is 24.2 Å². The molecule has 28 heavy (non-hydrogen) atoms. The summed E-state index contributed by atoms with van der Waals surface area (Å²) in [4.78, 5) is 13.6. The van der Waals surface area contributed by atoms with Crippen LogP contribution in [0, 0.1) is 0 Å². The number of anilines is 2. The third kappa shape index (κ3) is 4.86. The van der Waals surface area contributed by atoms with Gasteiger partial charge in [-0.2, -0.15) is 13.2 Å². The van der Waals surface area contributed by atoms with Crippen molar-refractivity contribution in [1.29, 1.82) is 0 Å². The number of carbonyl (C=O) groups is 1. The first-order valence-electron chi connectivity index (χ1n) is 8.67. The summed E-state index contributed by atoms with van der Waals surface area (Å²) in [7, 11) is 0. The van der Waals surface area contributed by atoms with Crippen molar-refractivity contribution in [2.75, 3.05) is 22.7 Å². The molecule has 0 unspecified atom stereocenters. The topological polar surface area (TPSA) is 52.6 Å². The van der Waals surface area contributed by atoms with Crippen LogP contribution < -0.4 is 9.62 Å². The molecule has 2 aromatic rings. The van der Waals surface area contributed by atoms with Gasteiger partial charge in [-0.05, 0) is 67.6 Å². The zero-order valence-corrected chi connectivity index (χ0v) is 16.3. The molecule has 3 rings (SSSR count). The summed E-state index contributed by atoms with van der Waals surface area (Å²) in [6, 6.07) is 7.84. The predicted molar refractivity (Wildman–Crippen MR) is 105 cm³/mol. The molecule has 0 spiro atoms. The first kappa shape index (κ1) is 20.7. The molecule has 0 radical (unpaired) electrons. The molecule has 0 saturated carbocycles. The second-order valence-electron chi connectivity index (χ2n) is 6.43. The quantitative estimate of drug-likeness (QED) is 0.556. The fourth-order valence-corrected chi connectivity index (χ4v) is 4.00. The Kier molecular flexibility index (Phi) is 6.30. The summed E-state index contributed by atoms with van der Waals surface area (Å²) < 4.78 is 42.5. The Bertz CT molecular complexity index is 871. The highest BCUT2D eigenvalue weighted by molar-refractivity contribution is 8.00. The van der Waals surface area contributed by atoms with Gasteiger partial charge in [0.05, 0.1) is 27.5 Å². The van der Waals surface area contributed by atoms with Crippen LogP contribution in [0.4, 0.5) is 24.5 Å². The molecule has 1 aliphatic heterocycles. The lowest BCUT2D eigenvalue weighted by Crippen LogP contribution is -2.30. The number of carboxylic acids is 1. The molecule has 1 fully saturated rings. The van der Waals surface area contributed by atoms with Gasteiger partial charge >= 0.3 is 12.1 Å². The van der Waals surface area contributed by atoms with E-state index < -0.39 is 17.7 Å². The molecule has 0 amide bonds. The van der Waals surface area contributed by atoms with Gasteiger partial charge in [0.1, 0.15) is 0 Å². The van der Waals surface area contributed by atoms with Crippen LogP contribution in [0.3, 0.4) is 0 Å². The van der Waals surface area contributed by atoms with E-state index in [1.807, 2.05) is 0 Å². The Morgan fingerprint density at radius 1 is 1.11 bits per heavy atom. The van der Waals surface area contributed by atoms with Gasteiger partial charge in [-0.15, -0.1) is 0 Å². The normalized spacial score (nSPS) is 14.8. The fourth-order valence-electron chi connectivity index (χ4n) is 3.03. The third-order valence-corrected chi connectivity index (χ3v) is 5.79. The molecule has 1 saturated heterocycles. The molecule has 2 aromatic carbocycles. The van der Waals surface area contributed by atoms with Crippen LogP contribution in [0.25, 0.3) is 0 Å². The number of benzene rings is 2. The van der Waals surface area contributed by atoms with Gasteiger partial charge in [0.25, 0.3) is 0 Å². The maximum absolute atomic E-state index is 13.2. The lowest BCUT2D eigenvalue weighted by molar-refractivity contribution is -0.137. The molecule has 1 aliphatic rings. The first-order chi connectivity index (χ1) is 13.3. The number of halogens is 4. The van der Waals surface area contributed by atoms with Crippen molar-refractivity contribution in [3.63, 3.8) is 0 Å². The molecular weight excluding hydrogens is 413 g/mol. The number of alkyl halides is 3. The van der Waals surface area contributed by atoms with Gasteiger partial charge in [-0.1, -0.05) is 11.6 Å². The minimum absolute atomic E-state index is 0.0500. The summed E-state index contributed by atoms with van der Waals surface area (Å²) in [6.07, 6.45) is -1.38. The average molecular weight is 431 g/mol. The van der Waals surface area contributed by atoms with E-state index in [-0.39, 0.29) is 5.56 Å². The summed E-state index contributed by atoms with van der Waals surface area (Å²) in [5.41, 5.74) is 0.306. The highest BCUT2D eigenvalue weighted by Gasteiger charge is 2.31. The van der Waals surface area contributed by atoms with Crippen molar-refractivity contribution in [2.24, 2.45) is 0 Å². The number of rotatable bonds is 5. The standard InChI is InChI=1S/C19H18ClF3N2O2S/c20-14-6-4-12(18(26)27)10-17(14)28-24-15-11-13(19(21,22)23)5-7-16(15)25-8-2-1-3-9-25/h4-7,10-11,24H,1-3,8-9H2,(H,26,27). The van der Waals surface area contributed by atoms with Crippen LogP contribution >= 0.6 is 23.5 Å². The van der Waals surface area contributed by atoms with E-state index in [1.54, 1.807) is 0 Å². The number of piperidine rings is 1. The largest absolute Gasteiger partial charge is 0.478 e. The summed E-state index contributed by atoms with van der Waals surface area (Å²) >= 11 is 7.11. The number of hydrogen-bond acceptors (Lipinski definition) is 4. The Morgan fingerprint density at radius 2 is 1.82 bits per heavy atom. The average Bonchev–Trinajstić information content (AvgIpc) is 2.67. The Morgan fingerprint density at radius 3 is 2.46 bits per heavy atom. The van der Waals surface area contributed by atoms with E-state index in [4.69, 9.17) is 16.7 Å². The Balaban J connectivity index is 1.90. The van der Waals surface area contributed by atoms with Gasteiger partial charge in [0.15, 0.2) is 0 Å². The zero-order chi connectivity index (χ0) is 20.3. The highest BCUT2D eigenvalue weighted by atomic mass is 35.5. The minimum atomic E-state index is -4.46. The lowest BCUT2D eigenvalue weighted by atomic mass is 10.1. The first-order valence-corrected chi connectivity index (χ1v) is 9.87. The number of aromatic carboxylic acids is 1. The SMILES string of the molecule is O=C(O)c1ccc(Cl)c(SNc2cc(C(F)(F)F)ccc2N2CCCCC2)c1. The molecule has 0 aliphatic carbocycles. The van der Waals surface area contributed by atoms with Gasteiger partial charge in [-0.25, -0.2) is 4.79 Å². The van der Waals surface area contributed by atoms with Crippen molar-refractivity contribution in [2.45, 2.75) is 30.3 Å². The predicted octanol–water partition coefficient (Wildman–Crippen LogP) is 6.17. The number of carboxylic acid groups (broad SMARTS) is 1. The highest BCUT2D eigenvalue weighted by Crippen LogP contribution is 2.39. The number of hydrogen-bond donors (Lipinski definition) is 2. The van der Waals surface area contributed by atoms with Crippen LogP contribution in [0.2, 0.25) is 5.02 Å². The van der Waals surface area contributed by atoms with Crippen LogP contribution in [0.5, 0.6) is 0 Å². The van der Waals surface area contributed by atoms with Crippen molar-refractivity contribution in [3.05, 3.63) is 52.5 Å². The summed E-state index contributed by atoms with van der Waals surface area (Å²) in [5, 5.41) is 9.44. The van der Waals surface area contributed by atoms with Gasteiger partial charge < -0.3 is 14.7 Å². The maximum atomic E-state index is 13.2. The zero-order valence-electron chi connectivity index (χ0n) is 14.7. The number of nitrogens with zero attached hydrogens (tertiary/aromatic N) is 1. The Hall–Kier alpha value is -2.06. The second kappa shape index (κ2) is 8.53. The van der Waals surface area contributed by atoms with Crippen LogP contribution in [-0.2, 0) is 6.18 Å². The molecule has 0 bridgehead atoms. The third-order valence-electron chi connectivity index (χ3n) is 4.47. The summed E-state index contributed by atoms with van der Waals surface area (Å²) in [6.45, 7) is 1.56.